The van der Waals surface area contributed by atoms with Gasteiger partial charge in [0.25, 0.3) is 0 Å². The zero-order chi connectivity index (χ0) is 11.6. The smallest absolute Gasteiger partial charge is 0.0485 e. The molecule has 1 aromatic heterocycles. The van der Waals surface area contributed by atoms with Gasteiger partial charge in [-0.1, -0.05) is 6.92 Å². The normalized spacial score (nSPS) is 21.2. The predicted molar refractivity (Wildman–Crippen MR) is 68.8 cm³/mol. The molecule has 1 aromatic rings. The average molecular weight is 239 g/mol. The number of aliphatic hydroxyl groups is 1. The van der Waals surface area contributed by atoms with Crippen molar-refractivity contribution in [2.75, 3.05) is 19.7 Å². The Balaban J connectivity index is 1.88. The van der Waals surface area contributed by atoms with Crippen molar-refractivity contribution >= 4 is 11.3 Å². The average Bonchev–Trinajstić information content (AvgIpc) is 2.68. The first-order chi connectivity index (χ1) is 7.63. The first-order valence-corrected chi connectivity index (χ1v) is 6.87. The number of nitrogens with zero attached hydrogens (tertiary/aromatic N) is 1. The molecule has 0 radical (unpaired) electrons. The van der Waals surface area contributed by atoms with Gasteiger partial charge < -0.3 is 5.11 Å². The van der Waals surface area contributed by atoms with Crippen LogP contribution >= 0.6 is 11.3 Å². The molecule has 0 atom stereocenters. The lowest BCUT2D eigenvalue weighted by molar-refractivity contribution is 0.0560. The quantitative estimate of drug-likeness (QED) is 0.876. The van der Waals surface area contributed by atoms with Gasteiger partial charge >= 0.3 is 0 Å². The Kier molecular flexibility index (Phi) is 3.67. The van der Waals surface area contributed by atoms with Crippen molar-refractivity contribution in [3.05, 3.63) is 21.9 Å². The van der Waals surface area contributed by atoms with Crippen LogP contribution < -0.4 is 0 Å². The van der Waals surface area contributed by atoms with Crippen LogP contribution in [-0.2, 0) is 6.54 Å². The minimum atomic E-state index is 0.168. The molecule has 2 nitrogen and oxygen atoms in total. The number of likely N-dealkylation sites (tertiary alicyclic amines) is 1. The van der Waals surface area contributed by atoms with E-state index in [-0.39, 0.29) is 5.41 Å². The number of thiophene rings is 1. The molecule has 2 heterocycles. The molecule has 0 saturated carbocycles. The Morgan fingerprint density at radius 3 is 2.62 bits per heavy atom. The molecule has 1 N–H and O–H groups in total. The molecule has 1 aliphatic heterocycles. The summed E-state index contributed by atoms with van der Waals surface area (Å²) < 4.78 is 0. The molecule has 0 amide bonds. The molecule has 16 heavy (non-hydrogen) atoms. The van der Waals surface area contributed by atoms with Crippen LogP contribution in [0.25, 0.3) is 0 Å². The molecule has 0 aliphatic carbocycles. The molecule has 1 aliphatic rings. The van der Waals surface area contributed by atoms with Gasteiger partial charge in [-0.3, -0.25) is 4.90 Å². The van der Waals surface area contributed by atoms with Crippen molar-refractivity contribution in [2.45, 2.75) is 33.2 Å². The van der Waals surface area contributed by atoms with E-state index in [9.17, 15) is 5.11 Å². The molecule has 1 saturated heterocycles. The second-order valence-electron chi connectivity index (χ2n) is 5.27. The minimum Gasteiger partial charge on any atom is -0.396 e. The Morgan fingerprint density at radius 2 is 2.12 bits per heavy atom. The summed E-state index contributed by atoms with van der Waals surface area (Å²) >= 11 is 1.86. The Bertz CT molecular complexity index is 339. The van der Waals surface area contributed by atoms with E-state index in [1.165, 1.54) is 10.4 Å². The van der Waals surface area contributed by atoms with Crippen molar-refractivity contribution in [3.8, 4) is 0 Å². The van der Waals surface area contributed by atoms with Gasteiger partial charge in [0.15, 0.2) is 0 Å². The Hall–Kier alpha value is -0.380. The summed E-state index contributed by atoms with van der Waals surface area (Å²) in [5.74, 6) is 0. The first kappa shape index (κ1) is 12.1. The fourth-order valence-corrected chi connectivity index (χ4v) is 3.13. The number of aliphatic hydroxyl groups excluding tert-OH is 1. The zero-order valence-electron chi connectivity index (χ0n) is 10.2. The van der Waals surface area contributed by atoms with Gasteiger partial charge in [0, 0.05) is 18.0 Å². The van der Waals surface area contributed by atoms with Gasteiger partial charge in [0.05, 0.1) is 0 Å². The molecule has 0 bridgehead atoms. The maximum absolute atomic E-state index is 9.32. The van der Waals surface area contributed by atoms with E-state index in [2.05, 4.69) is 30.2 Å². The summed E-state index contributed by atoms with van der Waals surface area (Å²) in [6.07, 6.45) is 2.24. The Morgan fingerprint density at radius 1 is 1.44 bits per heavy atom. The maximum Gasteiger partial charge on any atom is 0.0485 e. The third-order valence-electron chi connectivity index (χ3n) is 3.78. The van der Waals surface area contributed by atoms with Crippen LogP contribution in [0.4, 0.5) is 0 Å². The van der Waals surface area contributed by atoms with Crippen LogP contribution in [-0.4, -0.2) is 29.7 Å². The van der Waals surface area contributed by atoms with Crippen LogP contribution in [0.5, 0.6) is 0 Å². The van der Waals surface area contributed by atoms with Crippen LogP contribution in [0.1, 0.15) is 30.2 Å². The molecule has 90 valence electrons. The maximum atomic E-state index is 9.32. The Labute approximate surface area is 102 Å². The van der Waals surface area contributed by atoms with Gasteiger partial charge in [-0.05, 0) is 55.3 Å². The number of rotatable bonds is 3. The summed E-state index contributed by atoms with van der Waals surface area (Å²) in [7, 11) is 0. The van der Waals surface area contributed by atoms with Gasteiger partial charge in [-0.2, -0.15) is 0 Å². The minimum absolute atomic E-state index is 0.168. The van der Waals surface area contributed by atoms with Gasteiger partial charge in [0.1, 0.15) is 0 Å². The van der Waals surface area contributed by atoms with E-state index >= 15 is 0 Å². The van der Waals surface area contributed by atoms with Crippen LogP contribution in [0.2, 0.25) is 0 Å². The standard InChI is InChI=1S/C13H21NOS/c1-11-3-8-16-12(11)9-14-6-4-13(2,10-15)5-7-14/h3,8,15H,4-7,9-10H2,1-2H3. The van der Waals surface area contributed by atoms with E-state index in [4.69, 9.17) is 0 Å². The lowest BCUT2D eigenvalue weighted by atomic mass is 9.81. The highest BCUT2D eigenvalue weighted by Gasteiger charge is 2.29. The number of piperidine rings is 1. The second-order valence-corrected chi connectivity index (χ2v) is 6.27. The van der Waals surface area contributed by atoms with Crippen LogP contribution in [0.3, 0.4) is 0 Å². The molecule has 0 unspecified atom stereocenters. The van der Waals surface area contributed by atoms with E-state index in [0.29, 0.717) is 6.61 Å². The van der Waals surface area contributed by atoms with Crippen molar-refractivity contribution in [3.63, 3.8) is 0 Å². The first-order valence-electron chi connectivity index (χ1n) is 5.99. The molecule has 0 spiro atoms. The third-order valence-corrected chi connectivity index (χ3v) is 4.79. The van der Waals surface area contributed by atoms with E-state index in [1.54, 1.807) is 0 Å². The summed E-state index contributed by atoms with van der Waals surface area (Å²) in [5.41, 5.74) is 1.58. The lowest BCUT2D eigenvalue weighted by Crippen LogP contribution is -2.39. The highest BCUT2D eigenvalue weighted by molar-refractivity contribution is 7.10. The summed E-state index contributed by atoms with van der Waals surface area (Å²) in [5, 5.41) is 11.5. The van der Waals surface area contributed by atoms with E-state index in [0.717, 1.165) is 32.5 Å². The summed E-state index contributed by atoms with van der Waals surface area (Å²) in [4.78, 5) is 4.00. The SMILES string of the molecule is Cc1ccsc1CN1CCC(C)(CO)CC1. The third kappa shape index (κ3) is 2.65. The second kappa shape index (κ2) is 4.86. The molecular weight excluding hydrogens is 218 g/mol. The number of hydrogen-bond donors (Lipinski definition) is 1. The van der Waals surface area contributed by atoms with Gasteiger partial charge in [-0.25, -0.2) is 0 Å². The van der Waals surface area contributed by atoms with Crippen LogP contribution in [0, 0.1) is 12.3 Å². The van der Waals surface area contributed by atoms with Crippen molar-refractivity contribution in [2.24, 2.45) is 5.41 Å². The lowest BCUT2D eigenvalue weighted by Gasteiger charge is -2.38. The van der Waals surface area contributed by atoms with Crippen molar-refractivity contribution < 1.29 is 5.11 Å². The zero-order valence-corrected chi connectivity index (χ0v) is 11.0. The summed E-state index contributed by atoms with van der Waals surface area (Å²) in [6, 6.07) is 2.20. The fraction of sp³-hybridized carbons (Fsp3) is 0.692. The van der Waals surface area contributed by atoms with Crippen molar-refractivity contribution in [1.82, 2.24) is 4.90 Å². The van der Waals surface area contributed by atoms with E-state index in [1.807, 2.05) is 11.3 Å². The van der Waals surface area contributed by atoms with Crippen LogP contribution in [0.15, 0.2) is 11.4 Å². The topological polar surface area (TPSA) is 23.5 Å². The van der Waals surface area contributed by atoms with Crippen molar-refractivity contribution in [1.29, 1.82) is 0 Å². The molecule has 1 fully saturated rings. The molecule has 2 rings (SSSR count). The highest BCUT2D eigenvalue weighted by atomic mass is 32.1. The molecular formula is C13H21NOS. The highest BCUT2D eigenvalue weighted by Crippen LogP contribution is 2.31. The monoisotopic (exact) mass is 239 g/mol. The number of hydrogen-bond acceptors (Lipinski definition) is 3. The van der Waals surface area contributed by atoms with E-state index < -0.39 is 0 Å². The van der Waals surface area contributed by atoms with Gasteiger partial charge in [-0.15, -0.1) is 11.3 Å². The van der Waals surface area contributed by atoms with Gasteiger partial charge in [0.2, 0.25) is 0 Å². The predicted octanol–water partition coefficient (Wildman–Crippen LogP) is 2.65. The summed E-state index contributed by atoms with van der Waals surface area (Å²) in [6.45, 7) is 8.04. The fourth-order valence-electron chi connectivity index (χ4n) is 2.18. The molecule has 0 aromatic carbocycles. The number of aryl methyl sites for hydroxylation is 1. The molecule has 3 heteroatoms. The largest absolute Gasteiger partial charge is 0.396 e.